The van der Waals surface area contributed by atoms with Crippen LogP contribution in [0.4, 0.5) is 0 Å². The number of nitrogens with zero attached hydrogens (tertiary/aromatic N) is 1. The maximum absolute atomic E-state index is 3.59. The monoisotopic (exact) mass is 252 g/mol. The fourth-order valence-electron chi connectivity index (χ4n) is 4.17. The highest BCUT2D eigenvalue weighted by Crippen LogP contribution is 2.37. The van der Waals surface area contributed by atoms with Gasteiger partial charge in [-0.1, -0.05) is 27.7 Å². The Hall–Kier alpha value is -0.0800. The van der Waals surface area contributed by atoms with Gasteiger partial charge in [-0.3, -0.25) is 4.90 Å². The van der Waals surface area contributed by atoms with E-state index in [2.05, 4.69) is 45.0 Å². The van der Waals surface area contributed by atoms with Gasteiger partial charge in [0.05, 0.1) is 0 Å². The van der Waals surface area contributed by atoms with Crippen LogP contribution >= 0.6 is 0 Å². The van der Waals surface area contributed by atoms with E-state index in [0.29, 0.717) is 11.5 Å². The molecule has 2 heteroatoms. The molecule has 1 aliphatic heterocycles. The van der Waals surface area contributed by atoms with Gasteiger partial charge in [-0.2, -0.15) is 0 Å². The van der Waals surface area contributed by atoms with E-state index in [9.17, 15) is 0 Å². The average Bonchev–Trinajstić information content (AvgIpc) is 2.29. The molecular formula is C16H32N2. The van der Waals surface area contributed by atoms with Crippen LogP contribution in [-0.2, 0) is 0 Å². The fraction of sp³-hybridized carbons (Fsp3) is 1.00. The number of rotatable bonds is 2. The predicted octanol–water partition coefficient (Wildman–Crippen LogP) is 3.13. The zero-order chi connectivity index (χ0) is 13.3. The maximum Gasteiger partial charge on any atom is 0.0274 e. The van der Waals surface area contributed by atoms with Crippen molar-refractivity contribution in [2.45, 2.75) is 65.5 Å². The molecule has 2 fully saturated rings. The SMILES string of the molecule is CNC1CC(C)CC(C)C1N1CCC(C)(C)CC1. The summed E-state index contributed by atoms with van der Waals surface area (Å²) < 4.78 is 0. The quantitative estimate of drug-likeness (QED) is 0.812. The molecule has 1 saturated heterocycles. The lowest BCUT2D eigenvalue weighted by molar-refractivity contribution is 0.0224. The van der Waals surface area contributed by atoms with Gasteiger partial charge in [0.1, 0.15) is 0 Å². The molecule has 1 aliphatic carbocycles. The van der Waals surface area contributed by atoms with Crippen LogP contribution in [0.3, 0.4) is 0 Å². The summed E-state index contributed by atoms with van der Waals surface area (Å²) in [6.45, 7) is 12.3. The van der Waals surface area contributed by atoms with Crippen LogP contribution in [-0.4, -0.2) is 37.1 Å². The smallest absolute Gasteiger partial charge is 0.0274 e. The molecule has 2 rings (SSSR count). The molecule has 2 nitrogen and oxygen atoms in total. The number of likely N-dealkylation sites (N-methyl/N-ethyl adjacent to an activating group) is 1. The Morgan fingerprint density at radius 1 is 1.06 bits per heavy atom. The second-order valence-corrected chi connectivity index (χ2v) is 7.64. The molecule has 1 saturated carbocycles. The zero-order valence-corrected chi connectivity index (χ0v) is 13.0. The van der Waals surface area contributed by atoms with E-state index in [1.54, 1.807) is 0 Å². The first kappa shape index (κ1) is 14.3. The van der Waals surface area contributed by atoms with Gasteiger partial charge >= 0.3 is 0 Å². The van der Waals surface area contributed by atoms with Crippen molar-refractivity contribution < 1.29 is 0 Å². The van der Waals surface area contributed by atoms with Gasteiger partial charge in [0, 0.05) is 12.1 Å². The lowest BCUT2D eigenvalue weighted by Gasteiger charge is -2.49. The fourth-order valence-corrected chi connectivity index (χ4v) is 4.17. The number of hydrogen-bond acceptors (Lipinski definition) is 2. The Morgan fingerprint density at radius 2 is 1.67 bits per heavy atom. The second kappa shape index (κ2) is 5.50. The van der Waals surface area contributed by atoms with Gasteiger partial charge in [0.15, 0.2) is 0 Å². The first-order valence-electron chi connectivity index (χ1n) is 7.84. The van der Waals surface area contributed by atoms with Gasteiger partial charge in [-0.15, -0.1) is 0 Å². The van der Waals surface area contributed by atoms with Crippen LogP contribution in [0, 0.1) is 17.3 Å². The summed E-state index contributed by atoms with van der Waals surface area (Å²) in [5.74, 6) is 1.72. The number of likely N-dealkylation sites (tertiary alicyclic amines) is 1. The standard InChI is InChI=1S/C16H32N2/c1-12-10-13(2)15(14(11-12)17-5)18-8-6-16(3,4)7-9-18/h12-15,17H,6-11H2,1-5H3. The van der Waals surface area contributed by atoms with Crippen molar-refractivity contribution in [1.82, 2.24) is 10.2 Å². The third-order valence-corrected chi connectivity index (χ3v) is 5.37. The summed E-state index contributed by atoms with van der Waals surface area (Å²) >= 11 is 0. The molecule has 4 unspecified atom stereocenters. The normalized spacial score (nSPS) is 41.8. The lowest BCUT2D eigenvalue weighted by atomic mass is 9.74. The van der Waals surface area contributed by atoms with Crippen molar-refractivity contribution >= 4 is 0 Å². The summed E-state index contributed by atoms with van der Waals surface area (Å²) in [6.07, 6.45) is 5.48. The molecule has 0 spiro atoms. The van der Waals surface area contributed by atoms with E-state index in [1.807, 2.05) is 0 Å². The van der Waals surface area contributed by atoms with E-state index < -0.39 is 0 Å². The number of piperidine rings is 1. The summed E-state index contributed by atoms with van der Waals surface area (Å²) in [7, 11) is 2.15. The third-order valence-electron chi connectivity index (χ3n) is 5.37. The first-order valence-corrected chi connectivity index (χ1v) is 7.84. The van der Waals surface area contributed by atoms with Crippen molar-refractivity contribution in [2.75, 3.05) is 20.1 Å². The summed E-state index contributed by atoms with van der Waals surface area (Å²) in [4.78, 5) is 2.78. The van der Waals surface area contributed by atoms with E-state index in [-0.39, 0.29) is 0 Å². The van der Waals surface area contributed by atoms with Crippen LogP contribution < -0.4 is 5.32 Å². The van der Waals surface area contributed by atoms with Crippen LogP contribution in [0.1, 0.15) is 53.4 Å². The lowest BCUT2D eigenvalue weighted by Crippen LogP contribution is -2.58. The van der Waals surface area contributed by atoms with E-state index >= 15 is 0 Å². The van der Waals surface area contributed by atoms with Gasteiger partial charge in [-0.05, 0) is 63.1 Å². The van der Waals surface area contributed by atoms with Gasteiger partial charge in [-0.25, -0.2) is 0 Å². The third kappa shape index (κ3) is 3.08. The molecule has 2 aliphatic rings. The minimum Gasteiger partial charge on any atom is -0.315 e. The van der Waals surface area contributed by atoms with E-state index in [1.165, 1.54) is 38.8 Å². The second-order valence-electron chi connectivity index (χ2n) is 7.64. The van der Waals surface area contributed by atoms with Crippen LogP contribution in [0.2, 0.25) is 0 Å². The Labute approximate surface area is 114 Å². The molecular weight excluding hydrogens is 220 g/mol. The molecule has 0 radical (unpaired) electrons. The van der Waals surface area contributed by atoms with Crippen molar-refractivity contribution in [3.63, 3.8) is 0 Å². The Kier molecular flexibility index (Phi) is 4.38. The van der Waals surface area contributed by atoms with Crippen LogP contribution in [0.25, 0.3) is 0 Å². The van der Waals surface area contributed by atoms with Gasteiger partial charge in [0.25, 0.3) is 0 Å². The minimum absolute atomic E-state index is 0.566. The molecule has 0 aromatic heterocycles. The average molecular weight is 252 g/mol. The highest BCUT2D eigenvalue weighted by Gasteiger charge is 2.39. The van der Waals surface area contributed by atoms with Crippen LogP contribution in [0.5, 0.6) is 0 Å². The first-order chi connectivity index (χ1) is 8.43. The molecule has 1 heterocycles. The van der Waals surface area contributed by atoms with Gasteiger partial charge in [0.2, 0.25) is 0 Å². The number of hydrogen-bond donors (Lipinski definition) is 1. The molecule has 106 valence electrons. The molecule has 4 atom stereocenters. The Bertz CT molecular complexity index is 264. The van der Waals surface area contributed by atoms with Crippen LogP contribution in [0.15, 0.2) is 0 Å². The van der Waals surface area contributed by atoms with Crippen molar-refractivity contribution in [2.24, 2.45) is 17.3 Å². The topological polar surface area (TPSA) is 15.3 Å². The zero-order valence-electron chi connectivity index (χ0n) is 13.0. The largest absolute Gasteiger partial charge is 0.315 e. The minimum atomic E-state index is 0.566. The number of nitrogens with one attached hydrogen (secondary N) is 1. The molecule has 0 bridgehead atoms. The Morgan fingerprint density at radius 3 is 2.22 bits per heavy atom. The van der Waals surface area contributed by atoms with Crippen molar-refractivity contribution in [3.8, 4) is 0 Å². The van der Waals surface area contributed by atoms with E-state index in [0.717, 1.165) is 17.9 Å². The van der Waals surface area contributed by atoms with Gasteiger partial charge < -0.3 is 5.32 Å². The Balaban J connectivity index is 2.02. The predicted molar refractivity (Wildman–Crippen MR) is 78.8 cm³/mol. The van der Waals surface area contributed by atoms with E-state index in [4.69, 9.17) is 0 Å². The molecule has 18 heavy (non-hydrogen) atoms. The van der Waals surface area contributed by atoms with Crippen molar-refractivity contribution in [3.05, 3.63) is 0 Å². The molecule has 0 amide bonds. The summed E-state index contributed by atoms with van der Waals surface area (Å²) in [6, 6.07) is 1.47. The highest BCUT2D eigenvalue weighted by atomic mass is 15.2. The summed E-state index contributed by atoms with van der Waals surface area (Å²) in [5, 5.41) is 3.59. The molecule has 0 aromatic carbocycles. The maximum atomic E-state index is 3.59. The summed E-state index contributed by atoms with van der Waals surface area (Å²) in [5.41, 5.74) is 0.566. The van der Waals surface area contributed by atoms with Crippen molar-refractivity contribution in [1.29, 1.82) is 0 Å². The highest BCUT2D eigenvalue weighted by molar-refractivity contribution is 4.95. The molecule has 0 aromatic rings. The molecule has 1 N–H and O–H groups in total.